The van der Waals surface area contributed by atoms with Crippen LogP contribution in [-0.2, 0) is 0 Å². The van der Waals surface area contributed by atoms with Gasteiger partial charge < -0.3 is 10.6 Å². The van der Waals surface area contributed by atoms with Crippen molar-refractivity contribution in [3.8, 4) is 0 Å². The minimum Gasteiger partial charge on any atom is -0.373 e. The zero-order valence-electron chi connectivity index (χ0n) is 10.5. The average molecular weight is 256 g/mol. The van der Waals surface area contributed by atoms with Gasteiger partial charge in [-0.15, -0.1) is 0 Å². The fraction of sp³-hybridized carbons (Fsp3) is 0.500. The molecule has 0 radical (unpaired) electrons. The monoisotopic (exact) mass is 255 g/mol. The molecule has 0 fully saturated rings. The molecule has 1 aromatic heterocycles. The van der Waals surface area contributed by atoms with E-state index in [1.807, 2.05) is 6.92 Å². The average Bonchev–Trinajstić information content (AvgIpc) is 2.29. The first-order chi connectivity index (χ1) is 7.95. The van der Waals surface area contributed by atoms with E-state index in [4.69, 9.17) is 11.6 Å². The Morgan fingerprint density at radius 2 is 2.06 bits per heavy atom. The Labute approximate surface area is 107 Å². The lowest BCUT2D eigenvalue weighted by Crippen LogP contribution is -2.36. The SMILES string of the molecule is CNc1cc(C(=O)NC(C)C(C)C)c(Cl)cn1. The first-order valence-electron chi connectivity index (χ1n) is 5.59. The summed E-state index contributed by atoms with van der Waals surface area (Å²) in [6.07, 6.45) is 1.47. The van der Waals surface area contributed by atoms with E-state index in [2.05, 4.69) is 29.5 Å². The number of halogens is 1. The van der Waals surface area contributed by atoms with Gasteiger partial charge in [-0.1, -0.05) is 25.4 Å². The molecule has 1 rings (SSSR count). The number of aromatic nitrogens is 1. The lowest BCUT2D eigenvalue weighted by atomic mass is 10.1. The summed E-state index contributed by atoms with van der Waals surface area (Å²) in [4.78, 5) is 16.0. The normalized spacial score (nSPS) is 12.4. The number of carbonyl (C=O) groups is 1. The minimum atomic E-state index is -0.171. The number of anilines is 1. The summed E-state index contributed by atoms with van der Waals surface area (Å²) in [5, 5.41) is 6.14. The number of nitrogens with one attached hydrogen (secondary N) is 2. The van der Waals surface area contributed by atoms with Crippen molar-refractivity contribution in [2.75, 3.05) is 12.4 Å². The minimum absolute atomic E-state index is 0.102. The van der Waals surface area contributed by atoms with Crippen LogP contribution < -0.4 is 10.6 Å². The molecule has 0 saturated heterocycles. The highest BCUT2D eigenvalue weighted by Gasteiger charge is 2.15. The van der Waals surface area contributed by atoms with Crippen molar-refractivity contribution >= 4 is 23.3 Å². The molecule has 1 heterocycles. The maximum Gasteiger partial charge on any atom is 0.253 e. The second-order valence-corrected chi connectivity index (χ2v) is 4.71. The highest BCUT2D eigenvalue weighted by Crippen LogP contribution is 2.18. The molecule has 1 atom stereocenters. The van der Waals surface area contributed by atoms with Gasteiger partial charge in [0, 0.05) is 19.3 Å². The van der Waals surface area contributed by atoms with E-state index < -0.39 is 0 Å². The quantitative estimate of drug-likeness (QED) is 0.869. The molecule has 0 spiro atoms. The fourth-order valence-corrected chi connectivity index (χ4v) is 1.39. The van der Waals surface area contributed by atoms with Crippen LogP contribution >= 0.6 is 11.6 Å². The molecular weight excluding hydrogens is 238 g/mol. The summed E-state index contributed by atoms with van der Waals surface area (Å²) in [6, 6.07) is 1.75. The molecule has 0 aliphatic carbocycles. The fourth-order valence-electron chi connectivity index (χ4n) is 1.20. The van der Waals surface area contributed by atoms with Crippen LogP contribution in [-0.4, -0.2) is 24.0 Å². The Morgan fingerprint density at radius 1 is 1.41 bits per heavy atom. The summed E-state index contributed by atoms with van der Waals surface area (Å²) >= 11 is 5.96. The van der Waals surface area contributed by atoms with Crippen LogP contribution in [0.1, 0.15) is 31.1 Å². The predicted octanol–water partition coefficient (Wildman–Crippen LogP) is 2.55. The maximum absolute atomic E-state index is 12.0. The zero-order chi connectivity index (χ0) is 13.0. The second-order valence-electron chi connectivity index (χ2n) is 4.31. The molecule has 0 bridgehead atoms. The van der Waals surface area contributed by atoms with Gasteiger partial charge in [0.05, 0.1) is 10.6 Å². The molecule has 0 saturated carbocycles. The van der Waals surface area contributed by atoms with Crippen LogP contribution in [0.2, 0.25) is 5.02 Å². The van der Waals surface area contributed by atoms with Gasteiger partial charge in [0.2, 0.25) is 0 Å². The molecule has 94 valence electrons. The molecule has 1 unspecified atom stereocenters. The van der Waals surface area contributed by atoms with Gasteiger partial charge >= 0.3 is 0 Å². The molecule has 2 N–H and O–H groups in total. The molecule has 1 amide bonds. The van der Waals surface area contributed by atoms with Gasteiger partial charge in [-0.3, -0.25) is 4.79 Å². The number of rotatable bonds is 4. The van der Waals surface area contributed by atoms with Gasteiger partial charge in [-0.25, -0.2) is 4.98 Å². The lowest BCUT2D eigenvalue weighted by molar-refractivity contribution is 0.0930. The van der Waals surface area contributed by atoms with Crippen LogP contribution in [0.4, 0.5) is 5.82 Å². The maximum atomic E-state index is 12.0. The summed E-state index contributed by atoms with van der Waals surface area (Å²) < 4.78 is 0. The number of amides is 1. The van der Waals surface area contributed by atoms with Gasteiger partial charge in [0.1, 0.15) is 5.82 Å². The zero-order valence-corrected chi connectivity index (χ0v) is 11.3. The van der Waals surface area contributed by atoms with Crippen LogP contribution in [0.25, 0.3) is 0 Å². The Bertz CT molecular complexity index is 407. The van der Waals surface area contributed by atoms with E-state index in [0.29, 0.717) is 22.3 Å². The van der Waals surface area contributed by atoms with E-state index >= 15 is 0 Å². The summed E-state index contributed by atoms with van der Waals surface area (Å²) in [5.74, 6) is 0.829. The highest BCUT2D eigenvalue weighted by atomic mass is 35.5. The van der Waals surface area contributed by atoms with E-state index in [-0.39, 0.29) is 11.9 Å². The predicted molar refractivity (Wildman–Crippen MR) is 70.6 cm³/mol. The van der Waals surface area contributed by atoms with Crippen LogP contribution in [0.3, 0.4) is 0 Å². The topological polar surface area (TPSA) is 54.0 Å². The van der Waals surface area contributed by atoms with E-state index in [1.165, 1.54) is 6.20 Å². The largest absolute Gasteiger partial charge is 0.373 e. The third-order valence-electron chi connectivity index (χ3n) is 2.71. The van der Waals surface area contributed by atoms with Crippen molar-refractivity contribution in [1.82, 2.24) is 10.3 Å². The van der Waals surface area contributed by atoms with E-state index in [1.54, 1.807) is 13.1 Å². The van der Waals surface area contributed by atoms with Crippen molar-refractivity contribution < 1.29 is 4.79 Å². The van der Waals surface area contributed by atoms with Crippen molar-refractivity contribution in [3.63, 3.8) is 0 Å². The summed E-state index contributed by atoms with van der Waals surface area (Å²) in [7, 11) is 1.74. The molecule has 5 heteroatoms. The number of nitrogens with zero attached hydrogens (tertiary/aromatic N) is 1. The molecule has 0 aromatic carbocycles. The van der Waals surface area contributed by atoms with Crippen molar-refractivity contribution in [2.45, 2.75) is 26.8 Å². The molecule has 0 aliphatic rings. The number of pyridine rings is 1. The second kappa shape index (κ2) is 5.87. The number of carbonyl (C=O) groups excluding carboxylic acids is 1. The highest BCUT2D eigenvalue weighted by molar-refractivity contribution is 6.33. The first-order valence-corrected chi connectivity index (χ1v) is 5.97. The lowest BCUT2D eigenvalue weighted by Gasteiger charge is -2.18. The van der Waals surface area contributed by atoms with Gasteiger partial charge in [0.15, 0.2) is 0 Å². The Hall–Kier alpha value is -1.29. The molecule has 0 aliphatic heterocycles. The molecule has 1 aromatic rings. The Balaban J connectivity index is 2.88. The van der Waals surface area contributed by atoms with Crippen molar-refractivity contribution in [2.24, 2.45) is 5.92 Å². The Morgan fingerprint density at radius 3 is 2.59 bits per heavy atom. The van der Waals surface area contributed by atoms with Crippen molar-refractivity contribution in [1.29, 1.82) is 0 Å². The molecular formula is C12H18ClN3O. The van der Waals surface area contributed by atoms with Crippen LogP contribution in [0, 0.1) is 5.92 Å². The van der Waals surface area contributed by atoms with Gasteiger partial charge in [-0.05, 0) is 18.9 Å². The molecule has 4 nitrogen and oxygen atoms in total. The van der Waals surface area contributed by atoms with E-state index in [9.17, 15) is 4.79 Å². The smallest absolute Gasteiger partial charge is 0.253 e. The third-order valence-corrected chi connectivity index (χ3v) is 3.02. The molecule has 17 heavy (non-hydrogen) atoms. The van der Waals surface area contributed by atoms with E-state index in [0.717, 1.165) is 0 Å². The number of hydrogen-bond acceptors (Lipinski definition) is 3. The van der Waals surface area contributed by atoms with Crippen LogP contribution in [0.15, 0.2) is 12.3 Å². The Kier molecular flexibility index (Phi) is 4.75. The number of hydrogen-bond donors (Lipinski definition) is 2. The summed E-state index contributed by atoms with van der Waals surface area (Å²) in [5.41, 5.74) is 0.443. The third kappa shape index (κ3) is 3.60. The van der Waals surface area contributed by atoms with Crippen molar-refractivity contribution in [3.05, 3.63) is 22.8 Å². The summed E-state index contributed by atoms with van der Waals surface area (Å²) in [6.45, 7) is 6.08. The van der Waals surface area contributed by atoms with Gasteiger partial charge in [-0.2, -0.15) is 0 Å². The standard InChI is InChI=1S/C12H18ClN3O/c1-7(2)8(3)16-12(17)9-5-11(14-4)15-6-10(9)13/h5-8H,1-4H3,(H,14,15)(H,16,17). The first kappa shape index (κ1) is 13.8. The van der Waals surface area contributed by atoms with Crippen LogP contribution in [0.5, 0.6) is 0 Å². The van der Waals surface area contributed by atoms with Gasteiger partial charge in [0.25, 0.3) is 5.91 Å².